The van der Waals surface area contributed by atoms with E-state index in [9.17, 15) is 4.79 Å². The normalized spacial score (nSPS) is 13.3. The lowest BCUT2D eigenvalue weighted by molar-refractivity contribution is -0.121. The Hall–Kier alpha value is -3.31. The summed E-state index contributed by atoms with van der Waals surface area (Å²) in [7, 11) is 0. The molecule has 29 heavy (non-hydrogen) atoms. The molecule has 0 spiro atoms. The highest BCUT2D eigenvalue weighted by Gasteiger charge is 2.18. The molecule has 2 N–H and O–H groups in total. The van der Waals surface area contributed by atoms with Crippen LogP contribution in [0.2, 0.25) is 0 Å². The Balaban J connectivity index is 1.40. The summed E-state index contributed by atoms with van der Waals surface area (Å²) in [5, 5.41) is 6.44. The molecular formula is C24H24N2O3. The molecule has 148 valence electrons. The van der Waals surface area contributed by atoms with Crippen LogP contribution >= 0.6 is 0 Å². The summed E-state index contributed by atoms with van der Waals surface area (Å²) in [6.45, 7) is 2.41. The third-order valence-corrected chi connectivity index (χ3v) is 5.01. The Morgan fingerprint density at radius 1 is 0.862 bits per heavy atom. The second-order valence-electron chi connectivity index (χ2n) is 7.04. The summed E-state index contributed by atoms with van der Waals surface area (Å²) in [6, 6.07) is 25.8. The lowest BCUT2D eigenvalue weighted by Crippen LogP contribution is -2.37. The minimum Gasteiger partial charge on any atom is -0.454 e. The Labute approximate surface area is 170 Å². The van der Waals surface area contributed by atoms with E-state index in [1.165, 1.54) is 0 Å². The lowest BCUT2D eigenvalue weighted by Gasteiger charge is -2.21. The van der Waals surface area contributed by atoms with Crippen LogP contribution in [0, 0.1) is 0 Å². The zero-order valence-corrected chi connectivity index (χ0v) is 16.3. The van der Waals surface area contributed by atoms with Crippen molar-refractivity contribution in [3.63, 3.8) is 0 Å². The summed E-state index contributed by atoms with van der Waals surface area (Å²) in [5.74, 6) is 1.39. The molecule has 0 aliphatic carbocycles. The van der Waals surface area contributed by atoms with Gasteiger partial charge < -0.3 is 14.8 Å². The average molecular weight is 388 g/mol. The van der Waals surface area contributed by atoms with Gasteiger partial charge in [-0.1, -0.05) is 66.7 Å². The van der Waals surface area contributed by atoms with Gasteiger partial charge in [0.05, 0.1) is 18.6 Å². The van der Waals surface area contributed by atoms with Crippen LogP contribution in [0.5, 0.6) is 11.5 Å². The number of nitrogens with one attached hydrogen (secondary N) is 2. The van der Waals surface area contributed by atoms with Crippen LogP contribution in [0.25, 0.3) is 0 Å². The van der Waals surface area contributed by atoms with Gasteiger partial charge in [-0.25, -0.2) is 0 Å². The minimum atomic E-state index is -0.134. The molecular weight excluding hydrogens is 364 g/mol. The van der Waals surface area contributed by atoms with E-state index in [0.717, 1.165) is 28.2 Å². The Bertz CT molecular complexity index is 921. The predicted molar refractivity (Wildman–Crippen MR) is 112 cm³/mol. The van der Waals surface area contributed by atoms with Crippen molar-refractivity contribution in [1.29, 1.82) is 0 Å². The van der Waals surface area contributed by atoms with Crippen LogP contribution in [0.4, 0.5) is 0 Å². The second kappa shape index (κ2) is 8.80. The van der Waals surface area contributed by atoms with E-state index < -0.39 is 0 Å². The van der Waals surface area contributed by atoms with Crippen molar-refractivity contribution in [1.82, 2.24) is 10.6 Å². The number of rotatable bonds is 7. The fraction of sp³-hybridized carbons (Fsp3) is 0.208. The van der Waals surface area contributed by atoms with Gasteiger partial charge in [0.2, 0.25) is 12.7 Å². The third kappa shape index (κ3) is 4.58. The summed E-state index contributed by atoms with van der Waals surface area (Å²) < 4.78 is 10.8. The molecule has 0 fully saturated rings. The molecule has 0 radical (unpaired) electrons. The van der Waals surface area contributed by atoms with Crippen molar-refractivity contribution < 1.29 is 14.3 Å². The number of hydrogen-bond donors (Lipinski definition) is 2. The summed E-state index contributed by atoms with van der Waals surface area (Å²) in [6.07, 6.45) is 0. The maximum atomic E-state index is 12.6. The monoisotopic (exact) mass is 388 g/mol. The summed E-state index contributed by atoms with van der Waals surface area (Å²) in [5.41, 5.74) is 3.22. The van der Waals surface area contributed by atoms with Crippen LogP contribution in [0.1, 0.15) is 35.7 Å². The molecule has 1 aliphatic heterocycles. The molecule has 0 bridgehead atoms. The first-order valence-electron chi connectivity index (χ1n) is 9.73. The molecule has 0 saturated carbocycles. The summed E-state index contributed by atoms with van der Waals surface area (Å²) in [4.78, 5) is 12.6. The van der Waals surface area contributed by atoms with E-state index in [1.807, 2.05) is 61.5 Å². The summed E-state index contributed by atoms with van der Waals surface area (Å²) >= 11 is 0. The van der Waals surface area contributed by atoms with Gasteiger partial charge in [-0.2, -0.15) is 0 Å². The maximum absolute atomic E-state index is 12.6. The number of ether oxygens (including phenoxy) is 2. The number of amides is 1. The van der Waals surface area contributed by atoms with Crippen molar-refractivity contribution in [3.05, 3.63) is 95.6 Å². The van der Waals surface area contributed by atoms with Gasteiger partial charge in [-0.15, -0.1) is 0 Å². The topological polar surface area (TPSA) is 59.6 Å². The van der Waals surface area contributed by atoms with Crippen molar-refractivity contribution in [3.8, 4) is 11.5 Å². The van der Waals surface area contributed by atoms with E-state index in [2.05, 4.69) is 34.9 Å². The Morgan fingerprint density at radius 3 is 2.14 bits per heavy atom. The standard InChI is InChI=1S/C24H24N2O3/c1-17(20-12-13-21-22(14-20)29-16-28-21)26-23(27)15-25-24(18-8-4-2-5-9-18)19-10-6-3-7-11-19/h2-14,17,24-25H,15-16H2,1H3,(H,26,27)/t17-/m1/s1. The Morgan fingerprint density at radius 2 is 1.48 bits per heavy atom. The van der Waals surface area contributed by atoms with Crippen LogP contribution in [-0.4, -0.2) is 19.2 Å². The molecule has 3 aromatic carbocycles. The molecule has 0 saturated heterocycles. The fourth-order valence-corrected chi connectivity index (χ4v) is 3.47. The quantitative estimate of drug-likeness (QED) is 0.643. The zero-order chi connectivity index (χ0) is 20.1. The van der Waals surface area contributed by atoms with Crippen molar-refractivity contribution >= 4 is 5.91 Å². The average Bonchev–Trinajstić information content (AvgIpc) is 3.23. The SMILES string of the molecule is C[C@@H](NC(=O)CNC(c1ccccc1)c1ccccc1)c1ccc2c(c1)OCO2. The highest BCUT2D eigenvalue weighted by atomic mass is 16.7. The van der Waals surface area contributed by atoms with Crippen LogP contribution < -0.4 is 20.1 Å². The van der Waals surface area contributed by atoms with Gasteiger partial charge >= 0.3 is 0 Å². The maximum Gasteiger partial charge on any atom is 0.234 e. The van der Waals surface area contributed by atoms with Crippen molar-refractivity contribution in [2.24, 2.45) is 0 Å². The molecule has 1 atom stereocenters. The van der Waals surface area contributed by atoms with Gasteiger partial charge in [0.25, 0.3) is 0 Å². The molecule has 1 heterocycles. The number of carbonyl (C=O) groups excluding carboxylic acids is 1. The van der Waals surface area contributed by atoms with Crippen LogP contribution in [-0.2, 0) is 4.79 Å². The zero-order valence-electron chi connectivity index (χ0n) is 16.3. The van der Waals surface area contributed by atoms with Gasteiger partial charge in [0.15, 0.2) is 11.5 Å². The second-order valence-corrected chi connectivity index (χ2v) is 7.04. The molecule has 1 amide bonds. The first kappa shape index (κ1) is 19.0. The van der Waals surface area contributed by atoms with Gasteiger partial charge in [-0.05, 0) is 35.7 Å². The molecule has 5 nitrogen and oxygen atoms in total. The molecule has 4 rings (SSSR count). The predicted octanol–water partition coefficient (Wildman–Crippen LogP) is 3.97. The van der Waals surface area contributed by atoms with Crippen molar-refractivity contribution in [2.75, 3.05) is 13.3 Å². The lowest BCUT2D eigenvalue weighted by atomic mass is 9.99. The first-order chi connectivity index (χ1) is 14.2. The number of carbonyl (C=O) groups is 1. The van der Waals surface area contributed by atoms with Crippen LogP contribution in [0.15, 0.2) is 78.9 Å². The molecule has 5 heteroatoms. The molecule has 1 aliphatic rings. The van der Waals surface area contributed by atoms with E-state index >= 15 is 0 Å². The van der Waals surface area contributed by atoms with Crippen molar-refractivity contribution in [2.45, 2.75) is 19.0 Å². The van der Waals surface area contributed by atoms with E-state index in [0.29, 0.717) is 0 Å². The fourth-order valence-electron chi connectivity index (χ4n) is 3.47. The van der Waals surface area contributed by atoms with Gasteiger partial charge in [-0.3, -0.25) is 10.1 Å². The first-order valence-corrected chi connectivity index (χ1v) is 9.73. The van der Waals surface area contributed by atoms with Crippen LogP contribution in [0.3, 0.4) is 0 Å². The van der Waals surface area contributed by atoms with Gasteiger partial charge in [0.1, 0.15) is 0 Å². The highest BCUT2D eigenvalue weighted by Crippen LogP contribution is 2.34. The smallest absolute Gasteiger partial charge is 0.234 e. The largest absolute Gasteiger partial charge is 0.454 e. The number of hydrogen-bond acceptors (Lipinski definition) is 4. The molecule has 0 unspecified atom stereocenters. The van der Waals surface area contributed by atoms with E-state index in [1.54, 1.807) is 0 Å². The van der Waals surface area contributed by atoms with Gasteiger partial charge in [0, 0.05) is 0 Å². The number of fused-ring (bicyclic) bond motifs is 1. The molecule has 3 aromatic rings. The third-order valence-electron chi connectivity index (χ3n) is 5.01. The Kier molecular flexibility index (Phi) is 5.77. The molecule has 0 aromatic heterocycles. The highest BCUT2D eigenvalue weighted by molar-refractivity contribution is 5.78. The number of benzene rings is 3. The van der Waals surface area contributed by atoms with E-state index in [4.69, 9.17) is 9.47 Å². The minimum absolute atomic E-state index is 0.0519. The van der Waals surface area contributed by atoms with E-state index in [-0.39, 0.29) is 31.3 Å².